The van der Waals surface area contributed by atoms with Crippen LogP contribution in [0.25, 0.3) is 0 Å². The predicted molar refractivity (Wildman–Crippen MR) is 132 cm³/mol. The van der Waals surface area contributed by atoms with E-state index in [2.05, 4.69) is 19.1 Å². The van der Waals surface area contributed by atoms with Crippen molar-refractivity contribution in [1.82, 2.24) is 0 Å². The van der Waals surface area contributed by atoms with Gasteiger partial charge in [0.2, 0.25) is 0 Å². The zero-order valence-corrected chi connectivity index (χ0v) is 21.8. The first-order chi connectivity index (χ1) is 14.3. The van der Waals surface area contributed by atoms with Gasteiger partial charge in [0.1, 0.15) is 0 Å². The van der Waals surface area contributed by atoms with Gasteiger partial charge in [-0.05, 0) is 32.1 Å². The molecule has 0 aliphatic rings. The number of rotatable bonds is 21. The summed E-state index contributed by atoms with van der Waals surface area (Å²) in [4.78, 5) is 10.3. The summed E-state index contributed by atoms with van der Waals surface area (Å²) in [5.74, 6) is -0.348. The Morgan fingerprint density at radius 2 is 1.20 bits per heavy atom. The molecule has 0 aromatic rings. The zero-order valence-electron chi connectivity index (χ0n) is 20.9. The van der Waals surface area contributed by atoms with Gasteiger partial charge in [-0.3, -0.25) is 4.57 Å². The summed E-state index contributed by atoms with van der Waals surface area (Å²) in [7, 11) is 2.31. The van der Waals surface area contributed by atoms with E-state index < -0.39 is 7.60 Å². The van der Waals surface area contributed by atoms with Gasteiger partial charge >= 0.3 is 7.60 Å². The monoisotopic (exact) mass is 446 g/mol. The third kappa shape index (κ3) is 16.5. The number of hydrogen-bond donors (Lipinski definition) is 1. The molecule has 0 aromatic carbocycles. The molecule has 2 unspecified atom stereocenters. The smallest absolute Gasteiger partial charge is 0.320 e. The molecular formula is C25H53NO3P+. The summed E-state index contributed by atoms with van der Waals surface area (Å²) in [5, 5.41) is 0. The van der Waals surface area contributed by atoms with Crippen LogP contribution in [0.5, 0.6) is 0 Å². The second kappa shape index (κ2) is 18.4. The summed E-state index contributed by atoms with van der Waals surface area (Å²) >= 11 is 0. The molecule has 0 radical (unpaired) electrons. The summed E-state index contributed by atoms with van der Waals surface area (Å²) < 4.78 is 18.4. The predicted octanol–water partition coefficient (Wildman–Crippen LogP) is 8.06. The van der Waals surface area contributed by atoms with Crippen LogP contribution in [-0.2, 0) is 9.09 Å². The zero-order chi connectivity index (χ0) is 22.7. The fraction of sp³-hybridized carbons (Fsp3) is 0.920. The van der Waals surface area contributed by atoms with Crippen molar-refractivity contribution in [1.29, 1.82) is 0 Å². The van der Waals surface area contributed by atoms with Crippen LogP contribution in [0, 0.1) is 0 Å². The van der Waals surface area contributed by atoms with E-state index >= 15 is 0 Å². The van der Waals surface area contributed by atoms with Crippen molar-refractivity contribution < 1.29 is 18.5 Å². The number of unbranched alkanes of at least 4 members (excludes halogenated alkanes) is 13. The normalized spacial score (nSPS) is 15.5. The Morgan fingerprint density at radius 3 is 1.63 bits per heavy atom. The van der Waals surface area contributed by atoms with Crippen LogP contribution in [-0.4, -0.2) is 42.9 Å². The highest BCUT2D eigenvalue weighted by molar-refractivity contribution is 7.53. The van der Waals surface area contributed by atoms with Crippen LogP contribution in [0.1, 0.15) is 117 Å². The molecule has 0 saturated heterocycles. The molecule has 1 N–H and O–H groups in total. The van der Waals surface area contributed by atoms with Gasteiger partial charge in [-0.15, -0.1) is 0 Å². The minimum atomic E-state index is -3.55. The van der Waals surface area contributed by atoms with Crippen molar-refractivity contribution in [2.24, 2.45) is 0 Å². The maximum absolute atomic E-state index is 12.5. The molecule has 180 valence electrons. The lowest BCUT2D eigenvalue weighted by Crippen LogP contribution is -2.44. The van der Waals surface area contributed by atoms with Crippen LogP contribution < -0.4 is 0 Å². The molecule has 0 amide bonds. The van der Waals surface area contributed by atoms with Crippen molar-refractivity contribution in [3.8, 4) is 0 Å². The number of nitrogens with zero attached hydrogens (tertiary/aromatic N) is 1. The molecule has 0 fully saturated rings. The van der Waals surface area contributed by atoms with Crippen LogP contribution in [0.2, 0.25) is 0 Å². The molecule has 0 aliphatic heterocycles. The highest BCUT2D eigenvalue weighted by Crippen LogP contribution is 2.51. The second-order valence-corrected chi connectivity index (χ2v) is 11.7. The first-order valence-electron chi connectivity index (χ1n) is 12.7. The Balaban J connectivity index is 3.48. The van der Waals surface area contributed by atoms with Crippen molar-refractivity contribution >= 4 is 7.60 Å². The molecular weight excluding hydrogens is 393 g/mol. The molecule has 0 heterocycles. The maximum atomic E-state index is 12.5. The van der Waals surface area contributed by atoms with Crippen LogP contribution in [0.15, 0.2) is 12.2 Å². The van der Waals surface area contributed by atoms with E-state index in [-0.39, 0.29) is 5.78 Å². The lowest BCUT2D eigenvalue weighted by Gasteiger charge is -2.35. The Bertz CT molecular complexity index is 460. The molecule has 0 rings (SSSR count). The number of quaternary nitrogens is 1. The quantitative estimate of drug-likeness (QED) is 0.0839. The van der Waals surface area contributed by atoms with Crippen LogP contribution in [0.4, 0.5) is 0 Å². The minimum absolute atomic E-state index is 0.348. The molecule has 0 bridgehead atoms. The number of allylic oxidation sites excluding steroid dienone is 2. The van der Waals surface area contributed by atoms with Gasteiger partial charge in [0.25, 0.3) is 0 Å². The molecule has 2 atom stereocenters. The average molecular weight is 447 g/mol. The molecule has 0 aromatic heterocycles. The Kier molecular flexibility index (Phi) is 18.3. The van der Waals surface area contributed by atoms with E-state index in [0.29, 0.717) is 17.5 Å². The Morgan fingerprint density at radius 1 is 0.767 bits per heavy atom. The summed E-state index contributed by atoms with van der Waals surface area (Å²) in [6.45, 7) is 4.61. The van der Waals surface area contributed by atoms with Gasteiger partial charge < -0.3 is 13.9 Å². The van der Waals surface area contributed by atoms with Crippen molar-refractivity contribution in [3.63, 3.8) is 0 Å². The first-order valence-corrected chi connectivity index (χ1v) is 14.3. The molecule has 0 aliphatic carbocycles. The fourth-order valence-electron chi connectivity index (χ4n) is 4.02. The van der Waals surface area contributed by atoms with E-state index in [1.807, 2.05) is 28.1 Å². The largest absolute Gasteiger partial charge is 0.385 e. The van der Waals surface area contributed by atoms with Gasteiger partial charge in [-0.25, -0.2) is 0 Å². The topological polar surface area (TPSA) is 46.5 Å². The average Bonchev–Trinajstić information content (AvgIpc) is 2.66. The third-order valence-electron chi connectivity index (χ3n) is 5.82. The molecule has 30 heavy (non-hydrogen) atoms. The Hall–Kier alpha value is -0.150. The van der Waals surface area contributed by atoms with Gasteiger partial charge in [0.15, 0.2) is 5.78 Å². The molecule has 5 heteroatoms. The fourth-order valence-corrected chi connectivity index (χ4v) is 5.92. The maximum Gasteiger partial charge on any atom is 0.385 e. The van der Waals surface area contributed by atoms with E-state index in [9.17, 15) is 9.46 Å². The molecule has 0 saturated carbocycles. The summed E-state index contributed by atoms with van der Waals surface area (Å²) in [6, 6.07) is 0. The highest BCUT2D eigenvalue weighted by atomic mass is 31.2. The summed E-state index contributed by atoms with van der Waals surface area (Å²) in [6.07, 6.45) is 24.5. The van der Waals surface area contributed by atoms with Gasteiger partial charge in [-0.1, -0.05) is 90.2 Å². The lowest BCUT2D eigenvalue weighted by atomic mass is 10.1. The molecule has 0 spiro atoms. The van der Waals surface area contributed by atoms with Crippen LogP contribution in [0.3, 0.4) is 0 Å². The van der Waals surface area contributed by atoms with Crippen molar-refractivity contribution in [2.45, 2.75) is 122 Å². The standard InChI is InChI=1S/C25H52NO3P/c1-6-8-9-10-11-12-13-14-15-16-17-18-19-20-21-22-23-24-29-30(27,28)25(7-2)26(3,4)5/h11-12,25H,6-10,13-24H2,1-5H3/p+1/b12-11-. The van der Waals surface area contributed by atoms with Crippen LogP contribution >= 0.6 is 7.60 Å². The highest BCUT2D eigenvalue weighted by Gasteiger charge is 2.41. The lowest BCUT2D eigenvalue weighted by molar-refractivity contribution is -0.883. The first kappa shape index (κ1) is 29.9. The van der Waals surface area contributed by atoms with Gasteiger partial charge in [0.05, 0.1) is 27.7 Å². The second-order valence-electron chi connectivity index (χ2n) is 9.69. The van der Waals surface area contributed by atoms with Crippen molar-refractivity contribution in [2.75, 3.05) is 27.7 Å². The third-order valence-corrected chi connectivity index (χ3v) is 8.18. The SMILES string of the molecule is CCCCC/C=C\CCCCCCCCCCCCOP(=O)(O)C(CC)[N+](C)(C)C. The molecule has 4 nitrogen and oxygen atoms in total. The van der Waals surface area contributed by atoms with Gasteiger partial charge in [0, 0.05) is 6.42 Å². The van der Waals surface area contributed by atoms with E-state index in [1.165, 1.54) is 83.5 Å². The van der Waals surface area contributed by atoms with Gasteiger partial charge in [-0.2, -0.15) is 0 Å². The number of hydrogen-bond acceptors (Lipinski definition) is 2. The summed E-state index contributed by atoms with van der Waals surface area (Å²) in [5.41, 5.74) is 0. The van der Waals surface area contributed by atoms with Crippen molar-refractivity contribution in [3.05, 3.63) is 12.2 Å². The van der Waals surface area contributed by atoms with E-state index in [1.54, 1.807) is 0 Å². The Labute approximate surface area is 188 Å². The van der Waals surface area contributed by atoms with E-state index in [0.717, 1.165) is 12.8 Å². The minimum Gasteiger partial charge on any atom is -0.320 e. The van der Waals surface area contributed by atoms with E-state index in [4.69, 9.17) is 4.52 Å².